The summed E-state index contributed by atoms with van der Waals surface area (Å²) in [7, 11) is 0. The average molecular weight is 428 g/mol. The molecule has 0 radical (unpaired) electrons. The summed E-state index contributed by atoms with van der Waals surface area (Å²) in [4.78, 5) is 26.3. The van der Waals surface area contributed by atoms with Crippen LogP contribution < -0.4 is 0 Å². The van der Waals surface area contributed by atoms with Gasteiger partial charge in [-0.2, -0.15) is 13.2 Å². The first-order chi connectivity index (χ1) is 13.6. The van der Waals surface area contributed by atoms with Crippen molar-refractivity contribution in [2.75, 3.05) is 13.1 Å². The minimum absolute atomic E-state index is 0.164. The molecule has 0 aliphatic carbocycles. The highest BCUT2D eigenvalue weighted by Gasteiger charge is 2.41. The number of hydrogen-bond acceptors (Lipinski definition) is 4. The van der Waals surface area contributed by atoms with Gasteiger partial charge in [0, 0.05) is 5.56 Å². The van der Waals surface area contributed by atoms with Crippen LogP contribution >= 0.6 is 0 Å². The zero-order chi connectivity index (χ0) is 22.9. The number of rotatable bonds is 4. The van der Waals surface area contributed by atoms with Crippen LogP contribution in [0.5, 0.6) is 0 Å². The van der Waals surface area contributed by atoms with Gasteiger partial charge in [0.05, 0.1) is 5.56 Å². The molecule has 1 aromatic rings. The third kappa shape index (κ3) is 6.06. The molecule has 1 atom stereocenters. The monoisotopic (exact) mass is 427 g/mol. The summed E-state index contributed by atoms with van der Waals surface area (Å²) < 4.78 is 45.1. The van der Waals surface area contributed by atoms with Crippen LogP contribution in [-0.2, 0) is 15.7 Å². The highest BCUT2D eigenvalue weighted by atomic mass is 19.4. The standard InChI is InChI=1S/C23H32F3NO3/c1-21(2,3)19(20(29)30-22(4,5)6)27-11-9-15(10-12-27)18-13-17(23(24,25)26)8-7-16(18)14-28/h7-8,13-15,19H,9-12H2,1-6H3. The average Bonchev–Trinajstić information content (AvgIpc) is 2.58. The van der Waals surface area contributed by atoms with Gasteiger partial charge in [-0.1, -0.05) is 26.8 Å². The predicted octanol–water partition coefficient (Wildman–Crippen LogP) is 5.45. The highest BCUT2D eigenvalue weighted by Crippen LogP contribution is 2.37. The van der Waals surface area contributed by atoms with E-state index in [2.05, 4.69) is 4.90 Å². The van der Waals surface area contributed by atoms with E-state index in [0.29, 0.717) is 43.3 Å². The zero-order valence-electron chi connectivity index (χ0n) is 18.6. The Morgan fingerprint density at radius 1 is 1.10 bits per heavy atom. The second kappa shape index (κ2) is 8.69. The van der Waals surface area contributed by atoms with E-state index in [-0.39, 0.29) is 17.3 Å². The van der Waals surface area contributed by atoms with Crippen LogP contribution in [0, 0.1) is 5.41 Å². The Balaban J connectivity index is 2.22. The Morgan fingerprint density at radius 3 is 2.10 bits per heavy atom. The number of likely N-dealkylation sites (tertiary alicyclic amines) is 1. The lowest BCUT2D eigenvalue weighted by Gasteiger charge is -2.43. The van der Waals surface area contributed by atoms with Crippen molar-refractivity contribution in [2.45, 2.75) is 78.1 Å². The third-order valence-electron chi connectivity index (χ3n) is 5.33. The summed E-state index contributed by atoms with van der Waals surface area (Å²) in [6.07, 6.45) is -2.71. The van der Waals surface area contributed by atoms with E-state index in [1.54, 1.807) is 0 Å². The van der Waals surface area contributed by atoms with Crippen molar-refractivity contribution >= 4 is 12.3 Å². The van der Waals surface area contributed by atoms with E-state index in [9.17, 15) is 22.8 Å². The number of ether oxygens (including phenoxy) is 1. The van der Waals surface area contributed by atoms with Crippen LogP contribution in [0.1, 0.15) is 81.8 Å². The highest BCUT2D eigenvalue weighted by molar-refractivity contribution is 5.78. The molecule has 1 saturated heterocycles. The molecule has 0 aromatic heterocycles. The Bertz CT molecular complexity index is 767. The van der Waals surface area contributed by atoms with Crippen molar-refractivity contribution in [1.29, 1.82) is 0 Å². The number of piperidine rings is 1. The Morgan fingerprint density at radius 2 is 1.67 bits per heavy atom. The summed E-state index contributed by atoms with van der Waals surface area (Å²) in [5, 5.41) is 0. The number of nitrogens with zero attached hydrogens (tertiary/aromatic N) is 1. The van der Waals surface area contributed by atoms with Gasteiger partial charge in [-0.3, -0.25) is 14.5 Å². The molecule has 1 aliphatic rings. The van der Waals surface area contributed by atoms with Crippen molar-refractivity contribution in [3.05, 3.63) is 34.9 Å². The van der Waals surface area contributed by atoms with Crippen LogP contribution in [0.2, 0.25) is 0 Å². The van der Waals surface area contributed by atoms with Crippen molar-refractivity contribution in [2.24, 2.45) is 5.41 Å². The van der Waals surface area contributed by atoms with Gasteiger partial charge >= 0.3 is 12.1 Å². The summed E-state index contributed by atoms with van der Waals surface area (Å²) in [5.41, 5.74) is -0.980. The molecule has 0 N–H and O–H groups in total. The number of carbonyl (C=O) groups is 2. The number of halogens is 3. The molecule has 1 fully saturated rings. The van der Waals surface area contributed by atoms with E-state index in [4.69, 9.17) is 4.74 Å². The molecule has 0 amide bonds. The molecular weight excluding hydrogens is 395 g/mol. The van der Waals surface area contributed by atoms with E-state index >= 15 is 0 Å². The lowest BCUT2D eigenvalue weighted by Crippen LogP contribution is -2.53. The van der Waals surface area contributed by atoms with Gasteiger partial charge in [-0.15, -0.1) is 0 Å². The molecule has 30 heavy (non-hydrogen) atoms. The van der Waals surface area contributed by atoms with Crippen molar-refractivity contribution in [3.8, 4) is 0 Å². The molecule has 1 heterocycles. The number of aldehydes is 1. The van der Waals surface area contributed by atoms with E-state index in [0.717, 1.165) is 12.1 Å². The number of alkyl halides is 3. The first-order valence-corrected chi connectivity index (χ1v) is 10.3. The molecule has 2 rings (SSSR count). The fraction of sp³-hybridized carbons (Fsp3) is 0.652. The smallest absolute Gasteiger partial charge is 0.416 e. The minimum atomic E-state index is -4.45. The molecule has 1 unspecified atom stereocenters. The summed E-state index contributed by atoms with van der Waals surface area (Å²) in [5.74, 6) is -0.455. The largest absolute Gasteiger partial charge is 0.459 e. The molecule has 0 bridgehead atoms. The van der Waals surface area contributed by atoms with E-state index in [1.165, 1.54) is 6.07 Å². The lowest BCUT2D eigenvalue weighted by molar-refractivity contribution is -0.166. The molecule has 168 valence electrons. The Hall–Kier alpha value is -1.89. The SMILES string of the molecule is CC(C)(C)OC(=O)C(N1CCC(c2cc(C(F)(F)F)ccc2C=O)CC1)C(C)(C)C. The van der Waals surface area contributed by atoms with Gasteiger partial charge in [-0.25, -0.2) is 0 Å². The van der Waals surface area contributed by atoms with Crippen molar-refractivity contribution in [1.82, 2.24) is 4.90 Å². The predicted molar refractivity (Wildman–Crippen MR) is 109 cm³/mol. The van der Waals surface area contributed by atoms with E-state index < -0.39 is 23.4 Å². The van der Waals surface area contributed by atoms with Crippen molar-refractivity contribution in [3.63, 3.8) is 0 Å². The molecule has 7 heteroatoms. The number of carbonyl (C=O) groups excluding carboxylic acids is 2. The maximum Gasteiger partial charge on any atom is 0.416 e. The van der Waals surface area contributed by atoms with Crippen LogP contribution in [0.15, 0.2) is 18.2 Å². The summed E-state index contributed by atoms with van der Waals surface area (Å²) in [6, 6.07) is 2.83. The van der Waals surface area contributed by atoms with Gasteiger partial charge in [0.15, 0.2) is 0 Å². The molecule has 1 aliphatic heterocycles. The molecule has 4 nitrogen and oxygen atoms in total. The second-order valence-corrected chi connectivity index (χ2v) is 10.1. The summed E-state index contributed by atoms with van der Waals surface area (Å²) >= 11 is 0. The van der Waals surface area contributed by atoms with Gasteiger partial charge in [-0.05, 0) is 75.7 Å². The number of esters is 1. The molecular formula is C23H32F3NO3. The van der Waals surface area contributed by atoms with Gasteiger partial charge in [0.25, 0.3) is 0 Å². The zero-order valence-corrected chi connectivity index (χ0v) is 18.6. The maximum absolute atomic E-state index is 13.1. The van der Waals surface area contributed by atoms with Crippen LogP contribution in [0.25, 0.3) is 0 Å². The van der Waals surface area contributed by atoms with Crippen molar-refractivity contribution < 1.29 is 27.5 Å². The normalized spacial score (nSPS) is 18.2. The third-order valence-corrected chi connectivity index (χ3v) is 5.33. The topological polar surface area (TPSA) is 46.6 Å². The van der Waals surface area contributed by atoms with Crippen LogP contribution in [0.3, 0.4) is 0 Å². The first-order valence-electron chi connectivity index (χ1n) is 10.3. The quantitative estimate of drug-likeness (QED) is 0.473. The Kier molecular flexibility index (Phi) is 7.06. The second-order valence-electron chi connectivity index (χ2n) is 10.1. The minimum Gasteiger partial charge on any atom is -0.459 e. The first kappa shape index (κ1) is 24.4. The van der Waals surface area contributed by atoms with E-state index in [1.807, 2.05) is 41.5 Å². The molecule has 0 spiro atoms. The lowest BCUT2D eigenvalue weighted by atomic mass is 9.81. The van der Waals surface area contributed by atoms with Crippen LogP contribution in [-0.4, -0.2) is 41.9 Å². The van der Waals surface area contributed by atoms with Crippen LogP contribution in [0.4, 0.5) is 13.2 Å². The molecule has 1 aromatic carbocycles. The fourth-order valence-electron chi connectivity index (χ4n) is 4.09. The van der Waals surface area contributed by atoms with Gasteiger partial charge < -0.3 is 4.74 Å². The number of hydrogen-bond donors (Lipinski definition) is 0. The van der Waals surface area contributed by atoms with Gasteiger partial charge in [0.2, 0.25) is 0 Å². The number of benzene rings is 1. The molecule has 0 saturated carbocycles. The Labute approximate surface area is 176 Å². The maximum atomic E-state index is 13.1. The van der Waals surface area contributed by atoms with Gasteiger partial charge in [0.1, 0.15) is 17.9 Å². The summed E-state index contributed by atoms with van der Waals surface area (Å²) in [6.45, 7) is 12.5. The fourth-order valence-corrected chi connectivity index (χ4v) is 4.09.